The molecule has 2 aliphatic carbocycles. The number of phenols is 2. The van der Waals surface area contributed by atoms with Crippen molar-refractivity contribution in [2.45, 2.75) is 82.6 Å². The Bertz CT molecular complexity index is 1740. The Hall–Kier alpha value is -4.49. The number of aromatic hydroxyl groups is 2. The van der Waals surface area contributed by atoms with E-state index in [4.69, 9.17) is 28.4 Å². The quantitative estimate of drug-likeness (QED) is 0.0590. The number of methoxy groups -OCH3 is 1. The van der Waals surface area contributed by atoms with E-state index in [1.807, 2.05) is 0 Å². The minimum Gasteiger partial charge on any atom is -0.507 e. The summed E-state index contributed by atoms with van der Waals surface area (Å²) in [5.74, 6) is -5.37. The minimum absolute atomic E-state index is 0.0209. The Labute approximate surface area is 297 Å². The van der Waals surface area contributed by atoms with Crippen molar-refractivity contribution in [3.63, 3.8) is 0 Å². The van der Waals surface area contributed by atoms with Gasteiger partial charge in [0.2, 0.25) is 5.78 Å². The molecule has 2 aromatic carbocycles. The van der Waals surface area contributed by atoms with Crippen LogP contribution in [0.3, 0.4) is 0 Å². The van der Waals surface area contributed by atoms with Crippen LogP contribution >= 0.6 is 0 Å². The number of aliphatic hydroxyl groups excluding tert-OH is 2. The summed E-state index contributed by atoms with van der Waals surface area (Å²) in [7, 11) is 1.31. The highest BCUT2D eigenvalue weighted by Gasteiger charge is 2.50. The average molecular weight is 732 g/mol. The number of Topliss-reactive ketones (excluding diaryl/α,β-unsaturated/α-hetero) is 1. The van der Waals surface area contributed by atoms with E-state index in [1.54, 1.807) is 6.92 Å². The van der Waals surface area contributed by atoms with Crippen molar-refractivity contribution in [1.29, 1.82) is 0 Å². The van der Waals surface area contributed by atoms with Gasteiger partial charge in [0.25, 0.3) is 6.29 Å². The summed E-state index contributed by atoms with van der Waals surface area (Å²) >= 11 is 0. The highest BCUT2D eigenvalue weighted by molar-refractivity contribution is 6.31. The first-order valence-corrected chi connectivity index (χ1v) is 16.5. The highest BCUT2D eigenvalue weighted by atomic mass is 16.7. The van der Waals surface area contributed by atoms with Crippen molar-refractivity contribution < 1.29 is 77.9 Å². The van der Waals surface area contributed by atoms with Crippen LogP contribution < -0.4 is 10.1 Å². The molecule has 0 saturated carbocycles. The molecule has 6 atom stereocenters. The number of hydrogen-bond acceptors (Lipinski definition) is 17. The number of phenolic OH excluding ortho intramolecular Hbond substituents is 2. The van der Waals surface area contributed by atoms with Crippen LogP contribution in [-0.4, -0.2) is 125 Å². The lowest BCUT2D eigenvalue weighted by Crippen LogP contribution is -2.55. The molecule has 282 valence electrons. The highest BCUT2D eigenvalue weighted by Crippen LogP contribution is 2.52. The van der Waals surface area contributed by atoms with Crippen LogP contribution in [0.25, 0.3) is 0 Å². The summed E-state index contributed by atoms with van der Waals surface area (Å²) in [6.45, 7) is 2.75. The molecule has 0 amide bonds. The van der Waals surface area contributed by atoms with E-state index in [-0.39, 0.29) is 54.2 Å². The zero-order chi connectivity index (χ0) is 38.1. The summed E-state index contributed by atoms with van der Waals surface area (Å²) in [6, 6.07) is 3.64. The second-order valence-corrected chi connectivity index (χ2v) is 12.8. The first-order chi connectivity index (χ1) is 24.6. The average Bonchev–Trinajstić information content (AvgIpc) is 3.08. The van der Waals surface area contributed by atoms with Gasteiger partial charge in [0.05, 0.1) is 48.7 Å². The Balaban J connectivity index is 1.41. The van der Waals surface area contributed by atoms with Crippen molar-refractivity contribution in [1.82, 2.24) is 5.32 Å². The lowest BCUT2D eigenvalue weighted by Gasteiger charge is -2.43. The number of fused-ring (bicyclic) bond motifs is 3. The largest absolute Gasteiger partial charge is 0.507 e. The molecule has 0 radical (unpaired) electrons. The lowest BCUT2D eigenvalue weighted by atomic mass is 9.72. The summed E-state index contributed by atoms with van der Waals surface area (Å²) in [4.78, 5) is 63.0. The number of ketones is 3. The molecule has 52 heavy (non-hydrogen) atoms. The molecular weight excluding hydrogens is 690 g/mol. The fraction of sp³-hybridized carbons (Fsp3) is 0.514. The third kappa shape index (κ3) is 7.52. The van der Waals surface area contributed by atoms with Gasteiger partial charge < -0.3 is 59.3 Å². The summed E-state index contributed by atoms with van der Waals surface area (Å²) < 4.78 is 32.7. The maximum atomic E-state index is 13.9. The van der Waals surface area contributed by atoms with Gasteiger partial charge in [-0.25, -0.2) is 0 Å². The van der Waals surface area contributed by atoms with Crippen molar-refractivity contribution in [3.8, 4) is 17.2 Å². The van der Waals surface area contributed by atoms with Gasteiger partial charge in [0.15, 0.2) is 17.9 Å². The SMILES string of the molecule is COc1cccc2c1C(=O)c1c(O)c3c(c(O)c1C2=O)C[C@@](O)(C(=O)CO)C[C@@H]3OC1CC(NCCOCC(OC(C)=O)OC(C)=O)C(O)C(C)O1. The molecule has 17 heteroatoms. The maximum absolute atomic E-state index is 13.9. The standard InChI is InChI=1S/C35H41NO16/c1-15-30(41)20(36-8-9-48-14-25(50-16(2)38)51-17(3)39)10-24(49-15)52-22-12-35(46,23(40)13-37)11-19-27(22)34(45)29-28(32(19)43)31(42)18-6-5-7-21(47-4)26(18)33(29)44/h5-7,15,20,22,24-25,30,36-37,41,43,45-46H,8-14H2,1-4H3/t15?,20?,22-,24?,30?,35-/m0/s1. The number of benzene rings is 2. The molecule has 1 heterocycles. The van der Waals surface area contributed by atoms with Crippen LogP contribution in [0, 0.1) is 0 Å². The first-order valence-electron chi connectivity index (χ1n) is 16.5. The molecule has 17 nitrogen and oxygen atoms in total. The molecule has 1 fully saturated rings. The van der Waals surface area contributed by atoms with E-state index in [1.165, 1.54) is 25.3 Å². The Morgan fingerprint density at radius 3 is 2.35 bits per heavy atom. The van der Waals surface area contributed by atoms with E-state index in [9.17, 15) is 49.5 Å². The first kappa shape index (κ1) is 38.7. The monoisotopic (exact) mass is 731 g/mol. The molecule has 1 aliphatic heterocycles. The number of hydrogen-bond donors (Lipinski definition) is 6. The topological polar surface area (TPSA) is 254 Å². The van der Waals surface area contributed by atoms with Gasteiger partial charge in [-0.1, -0.05) is 12.1 Å². The molecule has 4 unspecified atom stereocenters. The number of aliphatic hydroxyl groups is 3. The molecule has 0 bridgehead atoms. The van der Waals surface area contributed by atoms with E-state index < -0.39 is 114 Å². The number of esters is 2. The zero-order valence-electron chi connectivity index (χ0n) is 28.9. The molecular formula is C35H41NO16. The summed E-state index contributed by atoms with van der Waals surface area (Å²) in [6.07, 6.45) is -6.90. The van der Waals surface area contributed by atoms with Crippen molar-refractivity contribution in [3.05, 3.63) is 51.6 Å². The summed E-state index contributed by atoms with van der Waals surface area (Å²) in [5, 5.41) is 58.4. The predicted octanol–water partition coefficient (Wildman–Crippen LogP) is 0.101. The number of carbonyl (C=O) groups is 5. The van der Waals surface area contributed by atoms with Crippen molar-refractivity contribution in [2.24, 2.45) is 0 Å². The van der Waals surface area contributed by atoms with Gasteiger partial charge >= 0.3 is 11.9 Å². The molecule has 6 N–H and O–H groups in total. The molecule has 2 aromatic rings. The minimum atomic E-state index is -2.32. The van der Waals surface area contributed by atoms with Gasteiger partial charge in [-0.05, 0) is 13.0 Å². The van der Waals surface area contributed by atoms with Gasteiger partial charge in [0, 0.05) is 62.4 Å². The number of ether oxygens (including phenoxy) is 6. The lowest BCUT2D eigenvalue weighted by molar-refractivity contribution is -0.250. The fourth-order valence-electron chi connectivity index (χ4n) is 6.88. The predicted molar refractivity (Wildman–Crippen MR) is 174 cm³/mol. The fourth-order valence-corrected chi connectivity index (χ4v) is 6.88. The third-order valence-electron chi connectivity index (χ3n) is 9.26. The maximum Gasteiger partial charge on any atom is 0.305 e. The van der Waals surface area contributed by atoms with Crippen LogP contribution in [0.2, 0.25) is 0 Å². The van der Waals surface area contributed by atoms with E-state index in [0.717, 1.165) is 13.8 Å². The Kier molecular flexibility index (Phi) is 11.6. The molecule has 0 spiro atoms. The van der Waals surface area contributed by atoms with Crippen LogP contribution in [0.5, 0.6) is 17.2 Å². The van der Waals surface area contributed by atoms with E-state index >= 15 is 0 Å². The van der Waals surface area contributed by atoms with Crippen molar-refractivity contribution >= 4 is 29.3 Å². The number of carbonyl (C=O) groups excluding carboxylic acids is 5. The number of nitrogens with one attached hydrogen (secondary N) is 1. The van der Waals surface area contributed by atoms with E-state index in [2.05, 4.69) is 5.32 Å². The summed E-state index contributed by atoms with van der Waals surface area (Å²) in [5.41, 5.74) is -3.96. The second kappa shape index (κ2) is 15.6. The molecule has 3 aliphatic rings. The van der Waals surface area contributed by atoms with Gasteiger partial charge in [-0.15, -0.1) is 0 Å². The second-order valence-electron chi connectivity index (χ2n) is 12.8. The molecule has 5 rings (SSSR count). The van der Waals surface area contributed by atoms with Crippen LogP contribution in [0.1, 0.15) is 82.7 Å². The third-order valence-corrected chi connectivity index (χ3v) is 9.26. The van der Waals surface area contributed by atoms with Gasteiger partial charge in [0.1, 0.15) is 36.1 Å². The molecule has 0 aromatic heterocycles. The smallest absolute Gasteiger partial charge is 0.305 e. The van der Waals surface area contributed by atoms with Crippen LogP contribution in [0.4, 0.5) is 0 Å². The zero-order valence-corrected chi connectivity index (χ0v) is 28.9. The number of rotatable bonds is 13. The molecule has 1 saturated heterocycles. The normalized spacial score (nSPS) is 25.2. The van der Waals surface area contributed by atoms with Gasteiger partial charge in [-0.3, -0.25) is 24.0 Å². The van der Waals surface area contributed by atoms with E-state index in [0.29, 0.717) is 0 Å². The Morgan fingerprint density at radius 2 is 1.71 bits per heavy atom. The van der Waals surface area contributed by atoms with Crippen LogP contribution in [-0.2, 0) is 44.5 Å². The Morgan fingerprint density at radius 1 is 1.04 bits per heavy atom. The van der Waals surface area contributed by atoms with Crippen LogP contribution in [0.15, 0.2) is 18.2 Å². The van der Waals surface area contributed by atoms with Crippen molar-refractivity contribution in [2.75, 3.05) is 33.5 Å². The van der Waals surface area contributed by atoms with Gasteiger partial charge in [-0.2, -0.15) is 0 Å².